The first-order valence-electron chi connectivity index (χ1n) is 26.5. The zero-order valence-corrected chi connectivity index (χ0v) is 48.9. The molecule has 0 aromatic heterocycles. The quantitative estimate of drug-likeness (QED) is 0.0122. The molecule has 0 bridgehead atoms. The van der Waals surface area contributed by atoms with Gasteiger partial charge in [0.2, 0.25) is 34.0 Å². The van der Waals surface area contributed by atoms with Gasteiger partial charge in [-0.05, 0) is 43.4 Å². The van der Waals surface area contributed by atoms with Crippen LogP contribution in [0.2, 0.25) is 0 Å². The van der Waals surface area contributed by atoms with E-state index in [0.29, 0.717) is 17.9 Å². The van der Waals surface area contributed by atoms with E-state index in [2.05, 4.69) is 39.2 Å². The number of benzene rings is 1. The molecule has 4 aliphatic rings. The Morgan fingerprint density at radius 1 is 0.642 bits per heavy atom. The van der Waals surface area contributed by atoms with Crippen LogP contribution in [-0.2, 0) is 73.5 Å². The molecular weight excluding hydrogens is 1110 g/mol. The minimum atomic E-state index is -5.42. The van der Waals surface area contributed by atoms with Crippen molar-refractivity contribution >= 4 is 34.0 Å². The van der Waals surface area contributed by atoms with Crippen molar-refractivity contribution in [1.29, 1.82) is 0 Å². The first kappa shape index (κ1) is 70.4. The van der Waals surface area contributed by atoms with Gasteiger partial charge in [0, 0.05) is 34.2 Å². The maximum Gasteiger partial charge on any atom is 1.00 e. The summed E-state index contributed by atoms with van der Waals surface area (Å²) in [5.74, 6) is -2.58. The number of carbonyl (C=O) groups is 4. The third-order valence-corrected chi connectivity index (χ3v) is 14.2. The van der Waals surface area contributed by atoms with Crippen molar-refractivity contribution in [2.75, 3.05) is 33.0 Å². The van der Waals surface area contributed by atoms with Crippen molar-refractivity contribution < 1.29 is 150 Å². The number of carbonyl (C=O) groups excluding carboxylic acids is 4. The summed E-state index contributed by atoms with van der Waals surface area (Å²) in [7, 11) is -5.42. The van der Waals surface area contributed by atoms with Gasteiger partial charge in [-0.15, -0.1) is 0 Å². The summed E-state index contributed by atoms with van der Waals surface area (Å²) in [6.07, 6.45) is -18.1. The summed E-state index contributed by atoms with van der Waals surface area (Å²) in [5.41, 5.74) is 0.520. The summed E-state index contributed by atoms with van der Waals surface area (Å²) in [6.45, 7) is 2.55. The van der Waals surface area contributed by atoms with E-state index in [4.69, 9.17) is 37.9 Å². The molecule has 8 unspecified atom stereocenters. The van der Waals surface area contributed by atoms with Gasteiger partial charge < -0.3 is 109 Å². The fourth-order valence-corrected chi connectivity index (χ4v) is 10.2. The maximum absolute atomic E-state index is 13.6. The predicted molar refractivity (Wildman–Crippen MR) is 270 cm³/mol. The topological polar surface area (TPSA) is 430 Å². The van der Waals surface area contributed by atoms with Gasteiger partial charge in [-0.1, -0.05) is 50.5 Å². The fraction of sp³-hybridized carbons (Fsp3) is 0.760. The molecule has 29 nitrogen and oxygen atoms in total. The van der Waals surface area contributed by atoms with Crippen LogP contribution >= 0.6 is 0 Å². The van der Waals surface area contributed by atoms with Crippen LogP contribution in [0.1, 0.15) is 85.1 Å². The molecule has 0 spiro atoms. The predicted octanol–water partition coefficient (Wildman–Crippen LogP) is -7.09. The van der Waals surface area contributed by atoms with Crippen LogP contribution in [0.3, 0.4) is 0 Å². The third-order valence-electron chi connectivity index (χ3n) is 13.8. The monoisotopic (exact) mass is 1190 g/mol. The van der Waals surface area contributed by atoms with Crippen LogP contribution in [0.4, 0.5) is 0 Å². The molecule has 0 saturated carbocycles. The molecule has 1 aromatic rings. The van der Waals surface area contributed by atoms with Gasteiger partial charge in [0.25, 0.3) is 0 Å². The van der Waals surface area contributed by atoms with Gasteiger partial charge in [0.15, 0.2) is 25.2 Å². The SMILES string of the molecule is CCCCCC/C=C\CCCOc1cccc(CN(C(C)=O)C2[C@H](O[C@H]3C(O)C(NC(C)=O)[C@H](O[C@@H]4C(CO)O[C@@H](O[C@H]5C(O)C(NC(C)=O)[C@H](O)O[C@H]5COS(=O)(=O)[O-])C(NC(C)=O)[C@H]4O)O[C@H]3CO)OC(CO)[C@@H](O)[C@@H]2O)c1.[Na+]. The molecule has 0 aliphatic carbocycles. The number of rotatable bonds is 28. The van der Waals surface area contributed by atoms with Crippen molar-refractivity contribution in [1.82, 2.24) is 20.9 Å². The Labute approximate surface area is 491 Å². The van der Waals surface area contributed by atoms with E-state index in [0.717, 1.165) is 51.4 Å². The fourth-order valence-electron chi connectivity index (χ4n) is 9.91. The van der Waals surface area contributed by atoms with Gasteiger partial charge in [-0.3, -0.25) is 23.4 Å². The number of amides is 4. The van der Waals surface area contributed by atoms with Gasteiger partial charge in [0.1, 0.15) is 103 Å². The molecule has 4 aliphatic heterocycles. The van der Waals surface area contributed by atoms with E-state index in [-0.39, 0.29) is 36.1 Å². The Bertz CT molecular complexity index is 2280. The number of hydrogen-bond acceptors (Lipinski definition) is 25. The zero-order chi connectivity index (χ0) is 59.0. The number of aliphatic hydroxyl groups excluding tert-OH is 9. The second-order valence-electron chi connectivity index (χ2n) is 20.0. The number of nitrogens with zero attached hydrogens (tertiary/aromatic N) is 1. The number of allylic oxidation sites excluding steroid dienone is 2. The van der Waals surface area contributed by atoms with Crippen molar-refractivity contribution in [2.45, 2.75) is 209 Å². The van der Waals surface area contributed by atoms with Crippen LogP contribution in [0.15, 0.2) is 36.4 Å². The Hall–Kier alpha value is -3.13. The normalized spacial score (nSPS) is 34.4. The summed E-state index contributed by atoms with van der Waals surface area (Å²) < 4.78 is 86.3. The standard InChI is InChI=1S/C50H80N4O25S.Na/c1-6-7-8-9-10-11-12-13-14-18-71-30-17-15-16-29(19-30)20-54(28(5)61)38-43(66)39(62)31(21-55)74-50(38)79-45-33(23-57)76-48(37(42(45)65)53-27(4)60)77-44-32(22-56)75-49(36(41(44)64)52-26(3)59)78-46-34(24-72-80(68,69)70)73-47(67)35(40(46)63)51-25(2)58;/h11-12,15-17,19,31-50,55-57,62-67H,6-10,13-14,18,20-24H2,1-5H3,(H,51,58)(H,52,59)(H,53,60)(H,68,69,70);/q;+1/p-1/b12-11-;/t31?,32?,33-,34-,35?,36?,37?,38?,39+,40?,41+,42?,43+,44+,45+,46+,47+,48-,49-,50-;/m0./s1. The third kappa shape index (κ3) is 20.0. The Balaban J connectivity index is 0.0000141. The Morgan fingerprint density at radius 3 is 1.64 bits per heavy atom. The van der Waals surface area contributed by atoms with Crippen LogP contribution in [0.25, 0.3) is 0 Å². The number of unbranched alkanes of at least 4 members (excludes halogenated alkanes) is 5. The van der Waals surface area contributed by atoms with Crippen LogP contribution in [-0.4, -0.2) is 243 Å². The maximum atomic E-state index is 13.6. The molecule has 0 radical (unpaired) electrons. The number of hydrogen-bond donors (Lipinski definition) is 12. The van der Waals surface area contributed by atoms with Gasteiger partial charge in [-0.25, -0.2) is 8.42 Å². The molecule has 4 saturated heterocycles. The van der Waals surface area contributed by atoms with Gasteiger partial charge in [-0.2, -0.15) is 0 Å². The number of nitrogens with one attached hydrogen (secondary N) is 3. The number of ether oxygens (including phenoxy) is 8. The minimum absolute atomic E-state index is 0. The molecule has 4 amide bonds. The smallest absolute Gasteiger partial charge is 0.726 e. The van der Waals surface area contributed by atoms with E-state index in [9.17, 15) is 78.1 Å². The molecule has 5 rings (SSSR count). The average Bonchev–Trinajstić information content (AvgIpc) is 3.57. The molecular formula is C50H79N4NaO25S. The Morgan fingerprint density at radius 2 is 1.14 bits per heavy atom. The molecule has 20 atom stereocenters. The van der Waals surface area contributed by atoms with Gasteiger partial charge >= 0.3 is 29.6 Å². The molecule has 81 heavy (non-hydrogen) atoms. The van der Waals surface area contributed by atoms with Gasteiger partial charge in [0.05, 0.1) is 33.0 Å². The van der Waals surface area contributed by atoms with Crippen molar-refractivity contribution in [3.8, 4) is 5.75 Å². The molecule has 12 N–H and O–H groups in total. The summed E-state index contributed by atoms with van der Waals surface area (Å²) in [6, 6.07) is 0.0495. The second-order valence-corrected chi connectivity index (χ2v) is 21.0. The van der Waals surface area contributed by atoms with E-state index >= 15 is 0 Å². The van der Waals surface area contributed by atoms with Crippen molar-refractivity contribution in [3.05, 3.63) is 42.0 Å². The van der Waals surface area contributed by atoms with Crippen LogP contribution in [0, 0.1) is 0 Å². The zero-order valence-electron chi connectivity index (χ0n) is 46.1. The second kappa shape index (κ2) is 33.5. The van der Waals surface area contributed by atoms with Crippen LogP contribution in [0.5, 0.6) is 5.75 Å². The van der Waals surface area contributed by atoms with E-state index in [1.165, 1.54) is 26.2 Å². The number of aliphatic hydroxyl groups is 9. The van der Waals surface area contributed by atoms with E-state index < -0.39 is 183 Å². The summed E-state index contributed by atoms with van der Waals surface area (Å²) >= 11 is 0. The minimum Gasteiger partial charge on any atom is -0.726 e. The molecule has 1 aromatic carbocycles. The first-order chi connectivity index (χ1) is 37.9. The van der Waals surface area contributed by atoms with Crippen molar-refractivity contribution in [3.63, 3.8) is 0 Å². The van der Waals surface area contributed by atoms with Crippen LogP contribution < -0.4 is 50.2 Å². The molecule has 4 fully saturated rings. The Kier molecular flexibility index (Phi) is 29.1. The largest absolute Gasteiger partial charge is 1.00 e. The average molecular weight is 1190 g/mol. The molecule has 4 heterocycles. The van der Waals surface area contributed by atoms with Crippen molar-refractivity contribution in [2.24, 2.45) is 0 Å². The molecule has 31 heteroatoms. The van der Waals surface area contributed by atoms with E-state index in [1.807, 2.05) is 0 Å². The summed E-state index contributed by atoms with van der Waals surface area (Å²) in [4.78, 5) is 52.1. The molecule has 456 valence electrons. The summed E-state index contributed by atoms with van der Waals surface area (Å²) in [5, 5.41) is 108. The first-order valence-corrected chi connectivity index (χ1v) is 27.8. The van der Waals surface area contributed by atoms with E-state index in [1.54, 1.807) is 24.3 Å².